The van der Waals surface area contributed by atoms with Gasteiger partial charge in [-0.05, 0) is 72.6 Å². The van der Waals surface area contributed by atoms with Crippen molar-refractivity contribution in [3.63, 3.8) is 0 Å². The predicted molar refractivity (Wildman–Crippen MR) is 175 cm³/mol. The molecule has 0 aliphatic heterocycles. The van der Waals surface area contributed by atoms with Crippen LogP contribution in [0, 0.1) is 5.92 Å². The molecule has 0 saturated heterocycles. The van der Waals surface area contributed by atoms with Gasteiger partial charge in [0, 0.05) is 59.5 Å². The number of nitrogens with zero attached hydrogens (tertiary/aromatic N) is 2. The van der Waals surface area contributed by atoms with Crippen molar-refractivity contribution in [3.8, 4) is 0 Å². The van der Waals surface area contributed by atoms with Crippen LogP contribution in [0.15, 0.2) is 78.1 Å². The van der Waals surface area contributed by atoms with E-state index in [4.69, 9.17) is 4.98 Å². The van der Waals surface area contributed by atoms with Gasteiger partial charge in [-0.15, -0.1) is 0 Å². The van der Waals surface area contributed by atoms with E-state index in [2.05, 4.69) is 37.8 Å². The molecule has 2 aromatic heterocycles. The molecule has 4 N–H and O–H groups in total. The smallest absolute Gasteiger partial charge is 0.315 e. The normalized spacial score (nSPS) is 22.0. The summed E-state index contributed by atoms with van der Waals surface area (Å²) in [5.41, 5.74) is 3.88. The maximum atomic E-state index is 13.8. The van der Waals surface area contributed by atoms with Crippen LogP contribution < -0.4 is 20.7 Å². The molecule has 4 aromatic rings. The van der Waals surface area contributed by atoms with Crippen LogP contribution in [0.2, 0.25) is 0 Å². The number of benzene rings is 2. The maximum Gasteiger partial charge on any atom is 0.315 e. The molecule has 238 valence electrons. The third-order valence-electron chi connectivity index (χ3n) is 9.11. The van der Waals surface area contributed by atoms with Gasteiger partial charge in [-0.3, -0.25) is 14.8 Å². The molecule has 46 heavy (non-hydrogen) atoms. The number of carbonyl (C=O) groups is 2. The van der Waals surface area contributed by atoms with Gasteiger partial charge in [-0.25, -0.2) is 17.9 Å². The van der Waals surface area contributed by atoms with Crippen molar-refractivity contribution < 1.29 is 18.0 Å². The van der Waals surface area contributed by atoms with Crippen LogP contribution in [0.4, 0.5) is 4.79 Å². The van der Waals surface area contributed by atoms with Crippen molar-refractivity contribution >= 4 is 32.7 Å². The first-order valence-electron chi connectivity index (χ1n) is 16.0. The van der Waals surface area contributed by atoms with Gasteiger partial charge in [0.25, 0.3) is 5.91 Å². The number of pyridine rings is 2. The molecule has 3 aliphatic rings. The van der Waals surface area contributed by atoms with E-state index in [1.54, 1.807) is 30.6 Å². The molecule has 0 spiro atoms. The fourth-order valence-electron chi connectivity index (χ4n) is 6.48. The predicted octanol–water partition coefficient (Wildman–Crippen LogP) is 5.21. The van der Waals surface area contributed by atoms with Gasteiger partial charge < -0.3 is 16.0 Å². The summed E-state index contributed by atoms with van der Waals surface area (Å²) in [6.45, 7) is 4.19. The fourth-order valence-corrected chi connectivity index (χ4v) is 7.93. The van der Waals surface area contributed by atoms with Gasteiger partial charge in [0.05, 0.1) is 22.5 Å². The monoisotopic (exact) mass is 638 g/mol. The van der Waals surface area contributed by atoms with Crippen LogP contribution in [0.5, 0.6) is 0 Å². The number of hydrogen-bond donors (Lipinski definition) is 4. The Bertz CT molecular complexity index is 1900. The van der Waals surface area contributed by atoms with E-state index >= 15 is 0 Å². The molecule has 7 rings (SSSR count). The summed E-state index contributed by atoms with van der Waals surface area (Å²) < 4.78 is 30.4. The number of fused-ring (bicyclic) bond motifs is 3. The average molecular weight is 639 g/mol. The summed E-state index contributed by atoms with van der Waals surface area (Å²) in [7, 11) is -3.91. The van der Waals surface area contributed by atoms with Crippen LogP contribution in [0.1, 0.15) is 96.2 Å². The quantitative estimate of drug-likeness (QED) is 0.188. The number of rotatable bonds is 10. The minimum absolute atomic E-state index is 0.0309. The molecule has 3 amide bonds. The zero-order chi connectivity index (χ0) is 32.0. The van der Waals surface area contributed by atoms with Crippen molar-refractivity contribution in [2.45, 2.75) is 74.4 Å². The van der Waals surface area contributed by atoms with Crippen molar-refractivity contribution in [2.24, 2.45) is 5.92 Å². The molecule has 10 nitrogen and oxygen atoms in total. The first kappa shape index (κ1) is 30.3. The summed E-state index contributed by atoms with van der Waals surface area (Å²) >= 11 is 0. The molecule has 2 aromatic carbocycles. The van der Waals surface area contributed by atoms with Crippen LogP contribution in [0.3, 0.4) is 0 Å². The highest BCUT2D eigenvalue weighted by Gasteiger charge is 2.41. The number of carbonyl (C=O) groups excluding carboxylic acids is 2. The second kappa shape index (κ2) is 12.1. The number of sulfonamides is 1. The third-order valence-corrected chi connectivity index (χ3v) is 10.6. The van der Waals surface area contributed by atoms with Crippen molar-refractivity contribution in [3.05, 3.63) is 101 Å². The fraction of sp³-hybridized carbons (Fsp3) is 0.371. The number of nitrogens with one attached hydrogen (secondary N) is 4. The molecule has 3 aliphatic carbocycles. The Morgan fingerprint density at radius 2 is 1.72 bits per heavy atom. The van der Waals surface area contributed by atoms with Crippen LogP contribution in [-0.2, 0) is 10.0 Å². The average Bonchev–Trinajstić information content (AvgIpc) is 3.99. The van der Waals surface area contributed by atoms with E-state index in [9.17, 15) is 18.0 Å². The summed E-state index contributed by atoms with van der Waals surface area (Å²) in [5.74, 6) is 0.374. The Balaban J connectivity index is 1.25. The lowest BCUT2D eigenvalue weighted by molar-refractivity contribution is 0.0935. The molecule has 2 heterocycles. The van der Waals surface area contributed by atoms with Crippen molar-refractivity contribution in [2.75, 3.05) is 6.54 Å². The standard InChI is InChI=1S/C35H38N6O4S/c1-20(2)17-38-46(44,45)32-15-26-30(39-34(42)23-9-6-12-36-18-23)16-31(33(26)27-19-37-28(14-25(27)32)22-10-11-22)41-35(43)40-29-13-24(29)21-7-4-3-5-8-21/h3-9,12,14-15,18-20,22,24,29-31,38H,10-11,13,16-17H2,1-2H3,(H,39,42)(H2,40,41,43)/t24-,29+,30+,31+/m0/s1. The van der Waals surface area contributed by atoms with Gasteiger partial charge in [0.2, 0.25) is 10.0 Å². The maximum absolute atomic E-state index is 13.8. The summed E-state index contributed by atoms with van der Waals surface area (Å²) in [6.07, 6.45) is 8.09. The Morgan fingerprint density at radius 3 is 2.43 bits per heavy atom. The van der Waals surface area contributed by atoms with Gasteiger partial charge in [0.1, 0.15) is 0 Å². The lowest BCUT2D eigenvalue weighted by Crippen LogP contribution is -2.39. The first-order valence-corrected chi connectivity index (χ1v) is 17.4. The Morgan fingerprint density at radius 1 is 0.913 bits per heavy atom. The van der Waals surface area contributed by atoms with Gasteiger partial charge >= 0.3 is 6.03 Å². The molecule has 2 saturated carbocycles. The highest BCUT2D eigenvalue weighted by molar-refractivity contribution is 7.89. The second-order valence-electron chi connectivity index (χ2n) is 13.1. The zero-order valence-electron chi connectivity index (χ0n) is 25.9. The van der Waals surface area contributed by atoms with E-state index < -0.39 is 22.1 Å². The van der Waals surface area contributed by atoms with E-state index in [0.29, 0.717) is 34.2 Å². The minimum Gasteiger partial charge on any atom is -0.345 e. The third kappa shape index (κ3) is 6.21. The molecule has 0 bridgehead atoms. The number of hydrogen-bond acceptors (Lipinski definition) is 6. The molecular formula is C35H38N6O4S. The van der Waals surface area contributed by atoms with Crippen LogP contribution in [-0.4, -0.2) is 42.9 Å². The van der Waals surface area contributed by atoms with E-state index in [-0.39, 0.29) is 41.3 Å². The summed E-state index contributed by atoms with van der Waals surface area (Å²) in [4.78, 5) is 35.7. The van der Waals surface area contributed by atoms with Crippen molar-refractivity contribution in [1.82, 2.24) is 30.6 Å². The molecule has 0 radical (unpaired) electrons. The largest absolute Gasteiger partial charge is 0.345 e. The number of amides is 3. The Labute approximate surface area is 268 Å². The molecule has 0 unspecified atom stereocenters. The zero-order valence-corrected chi connectivity index (χ0v) is 26.7. The van der Waals surface area contributed by atoms with Gasteiger partial charge in [-0.1, -0.05) is 44.2 Å². The molecule has 2 fully saturated rings. The van der Waals surface area contributed by atoms with E-state index in [1.807, 2.05) is 38.1 Å². The molecular weight excluding hydrogens is 600 g/mol. The van der Waals surface area contributed by atoms with Crippen LogP contribution in [0.25, 0.3) is 10.8 Å². The lowest BCUT2D eigenvalue weighted by atomic mass is 9.98. The van der Waals surface area contributed by atoms with Gasteiger partial charge in [-0.2, -0.15) is 0 Å². The highest BCUT2D eigenvalue weighted by Crippen LogP contribution is 2.47. The van der Waals surface area contributed by atoms with Gasteiger partial charge in [0.15, 0.2) is 0 Å². The molecule has 11 heteroatoms. The van der Waals surface area contributed by atoms with Crippen LogP contribution >= 0.6 is 0 Å². The SMILES string of the molecule is CC(C)CNS(=O)(=O)c1cc2c(c3cnc(C4CC4)cc13)[C@H](NC(=O)N[C@@H]1C[C@H]1c1ccccc1)C[C@H]2NC(=O)c1cccnc1. The van der Waals surface area contributed by atoms with E-state index in [0.717, 1.165) is 30.5 Å². The summed E-state index contributed by atoms with van der Waals surface area (Å²) in [6, 6.07) is 15.7. The lowest BCUT2D eigenvalue weighted by Gasteiger charge is -2.19. The van der Waals surface area contributed by atoms with E-state index in [1.165, 1.54) is 11.8 Å². The number of urea groups is 1. The Hall–Kier alpha value is -4.35. The topological polar surface area (TPSA) is 142 Å². The minimum atomic E-state index is -3.91. The summed E-state index contributed by atoms with van der Waals surface area (Å²) in [5, 5.41) is 10.6. The second-order valence-corrected chi connectivity index (χ2v) is 14.8. The number of aromatic nitrogens is 2. The van der Waals surface area contributed by atoms with Crippen molar-refractivity contribution in [1.29, 1.82) is 0 Å². The Kier molecular flexibility index (Phi) is 7.98. The first-order chi connectivity index (χ1) is 22.2. The highest BCUT2D eigenvalue weighted by atomic mass is 32.2. The molecule has 4 atom stereocenters.